The summed E-state index contributed by atoms with van der Waals surface area (Å²) in [6.45, 7) is 2.88. The summed E-state index contributed by atoms with van der Waals surface area (Å²) in [7, 11) is 0. The van der Waals surface area contributed by atoms with E-state index in [1.54, 1.807) is 13.0 Å². The molecular weight excluding hydrogens is 333 g/mol. The monoisotopic (exact) mass is 349 g/mol. The van der Waals surface area contributed by atoms with Gasteiger partial charge in [0.1, 0.15) is 0 Å². The summed E-state index contributed by atoms with van der Waals surface area (Å²) in [5.41, 5.74) is 0.549. The lowest BCUT2D eigenvalue weighted by Gasteiger charge is -2.26. The van der Waals surface area contributed by atoms with Crippen LogP contribution in [0.3, 0.4) is 0 Å². The van der Waals surface area contributed by atoms with E-state index in [1.807, 2.05) is 19.1 Å². The Morgan fingerprint density at radius 1 is 1.41 bits per heavy atom. The first-order chi connectivity index (χ1) is 7.91. The number of hydrogen-bond donors (Lipinski definition) is 3. The van der Waals surface area contributed by atoms with Crippen molar-refractivity contribution in [2.45, 2.75) is 19.4 Å². The number of aliphatic hydroxyl groups excluding tert-OH is 2. The maximum absolute atomic E-state index is 12.0. The number of nitrogens with one attached hydrogen (secondary N) is 1. The molecule has 0 saturated carbocycles. The summed E-state index contributed by atoms with van der Waals surface area (Å²) in [6.07, 6.45) is 0. The van der Waals surface area contributed by atoms with E-state index in [-0.39, 0.29) is 19.1 Å². The maximum Gasteiger partial charge on any atom is 0.252 e. The van der Waals surface area contributed by atoms with Gasteiger partial charge in [0.15, 0.2) is 0 Å². The van der Waals surface area contributed by atoms with Gasteiger partial charge in [-0.15, -0.1) is 0 Å². The molecule has 5 heteroatoms. The molecule has 17 heavy (non-hydrogen) atoms. The van der Waals surface area contributed by atoms with Gasteiger partial charge in [0.05, 0.1) is 24.3 Å². The third-order valence-electron chi connectivity index (χ3n) is 2.48. The third kappa shape index (κ3) is 3.65. The Morgan fingerprint density at radius 3 is 2.53 bits per heavy atom. The highest BCUT2D eigenvalue weighted by Gasteiger charge is 2.25. The van der Waals surface area contributed by atoms with Crippen LogP contribution in [0.5, 0.6) is 0 Å². The van der Waals surface area contributed by atoms with Crippen molar-refractivity contribution in [1.82, 2.24) is 5.32 Å². The molecule has 1 aromatic rings. The van der Waals surface area contributed by atoms with Crippen LogP contribution in [-0.2, 0) is 0 Å². The third-order valence-corrected chi connectivity index (χ3v) is 3.42. The van der Waals surface area contributed by atoms with Gasteiger partial charge in [-0.2, -0.15) is 0 Å². The Kier molecular flexibility index (Phi) is 4.91. The Labute approximate surface area is 114 Å². The molecule has 1 aromatic carbocycles. The molecule has 1 rings (SSSR count). The summed E-state index contributed by atoms with van der Waals surface area (Å²) in [4.78, 5) is 12.0. The molecule has 0 aliphatic rings. The van der Waals surface area contributed by atoms with Gasteiger partial charge in [-0.1, -0.05) is 11.6 Å². The van der Waals surface area contributed by atoms with Crippen LogP contribution in [-0.4, -0.2) is 34.9 Å². The summed E-state index contributed by atoms with van der Waals surface area (Å²) in [5, 5.41) is 20.9. The molecule has 0 saturated heterocycles. The molecule has 0 bridgehead atoms. The predicted molar refractivity (Wildman–Crippen MR) is 73.9 cm³/mol. The summed E-state index contributed by atoms with van der Waals surface area (Å²) >= 11 is 2.08. The molecule has 0 spiro atoms. The van der Waals surface area contributed by atoms with E-state index in [9.17, 15) is 4.79 Å². The highest BCUT2D eigenvalue weighted by Crippen LogP contribution is 2.15. The number of hydrogen-bond acceptors (Lipinski definition) is 3. The number of amides is 1. The Morgan fingerprint density at radius 2 is 2.00 bits per heavy atom. The van der Waals surface area contributed by atoms with Crippen LogP contribution in [0, 0.1) is 10.5 Å². The first kappa shape index (κ1) is 14.4. The maximum atomic E-state index is 12.0. The normalized spacial score (nSPS) is 11.4. The summed E-state index contributed by atoms with van der Waals surface area (Å²) < 4.78 is 0.837. The van der Waals surface area contributed by atoms with Crippen molar-refractivity contribution in [1.29, 1.82) is 0 Å². The van der Waals surface area contributed by atoms with Crippen LogP contribution in [0.4, 0.5) is 0 Å². The number of aryl methyl sites for hydroxylation is 1. The Bertz CT molecular complexity index is 416. The molecule has 94 valence electrons. The molecule has 0 fully saturated rings. The number of aliphatic hydroxyl groups is 2. The zero-order valence-electron chi connectivity index (χ0n) is 9.83. The van der Waals surface area contributed by atoms with Crippen molar-refractivity contribution in [3.8, 4) is 0 Å². The van der Waals surface area contributed by atoms with Gasteiger partial charge < -0.3 is 15.5 Å². The number of rotatable bonds is 4. The van der Waals surface area contributed by atoms with Gasteiger partial charge in [-0.25, -0.2) is 0 Å². The molecule has 0 atom stereocenters. The fourth-order valence-corrected chi connectivity index (χ4v) is 1.86. The molecule has 0 aliphatic carbocycles. The van der Waals surface area contributed by atoms with E-state index >= 15 is 0 Å². The van der Waals surface area contributed by atoms with Gasteiger partial charge >= 0.3 is 0 Å². The SMILES string of the molecule is Cc1ccc(I)c(C(=O)NC(C)(CO)CO)c1. The quantitative estimate of drug-likeness (QED) is 0.713. The van der Waals surface area contributed by atoms with Crippen molar-refractivity contribution < 1.29 is 15.0 Å². The topological polar surface area (TPSA) is 69.6 Å². The van der Waals surface area contributed by atoms with E-state index < -0.39 is 5.54 Å². The molecule has 0 aromatic heterocycles. The highest BCUT2D eigenvalue weighted by atomic mass is 127. The lowest BCUT2D eigenvalue weighted by Crippen LogP contribution is -2.51. The molecule has 3 N–H and O–H groups in total. The lowest BCUT2D eigenvalue weighted by molar-refractivity contribution is 0.0723. The summed E-state index contributed by atoms with van der Waals surface area (Å²) in [6, 6.07) is 5.57. The zero-order valence-corrected chi connectivity index (χ0v) is 12.0. The molecule has 4 nitrogen and oxygen atoms in total. The fraction of sp³-hybridized carbons (Fsp3) is 0.417. The van der Waals surface area contributed by atoms with E-state index in [0.29, 0.717) is 5.56 Å². The second kappa shape index (κ2) is 5.79. The van der Waals surface area contributed by atoms with E-state index in [0.717, 1.165) is 9.13 Å². The molecule has 1 amide bonds. The standard InChI is InChI=1S/C12H16INO3/c1-8-3-4-10(13)9(5-8)11(17)14-12(2,6-15)7-16/h3-5,15-16H,6-7H2,1-2H3,(H,14,17). The van der Waals surface area contributed by atoms with Crippen molar-refractivity contribution in [2.24, 2.45) is 0 Å². The van der Waals surface area contributed by atoms with Crippen LogP contribution in [0.25, 0.3) is 0 Å². The lowest BCUT2D eigenvalue weighted by atomic mass is 10.0. The van der Waals surface area contributed by atoms with Crippen molar-refractivity contribution in [3.05, 3.63) is 32.9 Å². The van der Waals surface area contributed by atoms with Gasteiger partial charge in [-0.3, -0.25) is 4.79 Å². The minimum Gasteiger partial charge on any atom is -0.394 e. The minimum atomic E-state index is -0.996. The Balaban J connectivity index is 2.94. The predicted octanol–water partition coefficient (Wildman–Crippen LogP) is 1.07. The first-order valence-electron chi connectivity index (χ1n) is 5.22. The zero-order chi connectivity index (χ0) is 13.1. The summed E-state index contributed by atoms with van der Waals surface area (Å²) in [5.74, 6) is -0.288. The van der Waals surface area contributed by atoms with E-state index in [2.05, 4.69) is 27.9 Å². The van der Waals surface area contributed by atoms with Gasteiger partial charge in [0.25, 0.3) is 5.91 Å². The molecule has 0 heterocycles. The van der Waals surface area contributed by atoms with Crippen molar-refractivity contribution >= 4 is 28.5 Å². The molecule has 0 aliphatic heterocycles. The highest BCUT2D eigenvalue weighted by molar-refractivity contribution is 14.1. The number of carbonyl (C=O) groups is 1. The molecular formula is C12H16INO3. The molecule has 0 radical (unpaired) electrons. The second-order valence-corrected chi connectivity index (χ2v) is 5.48. The molecule has 0 unspecified atom stereocenters. The number of benzene rings is 1. The van der Waals surface area contributed by atoms with E-state index in [1.165, 1.54) is 0 Å². The number of halogens is 1. The average Bonchev–Trinajstić information content (AvgIpc) is 2.32. The van der Waals surface area contributed by atoms with Gasteiger partial charge in [-0.05, 0) is 48.6 Å². The largest absolute Gasteiger partial charge is 0.394 e. The van der Waals surface area contributed by atoms with Crippen LogP contribution >= 0.6 is 22.6 Å². The van der Waals surface area contributed by atoms with Crippen LogP contribution < -0.4 is 5.32 Å². The van der Waals surface area contributed by atoms with Gasteiger partial charge in [0, 0.05) is 3.57 Å². The van der Waals surface area contributed by atoms with Crippen LogP contribution in [0.2, 0.25) is 0 Å². The smallest absolute Gasteiger partial charge is 0.252 e. The average molecular weight is 349 g/mol. The fourth-order valence-electron chi connectivity index (χ4n) is 1.28. The van der Waals surface area contributed by atoms with E-state index in [4.69, 9.17) is 10.2 Å². The van der Waals surface area contributed by atoms with Gasteiger partial charge in [0.2, 0.25) is 0 Å². The first-order valence-corrected chi connectivity index (χ1v) is 6.30. The second-order valence-electron chi connectivity index (χ2n) is 4.31. The van der Waals surface area contributed by atoms with Crippen LogP contribution in [0.15, 0.2) is 18.2 Å². The van der Waals surface area contributed by atoms with Crippen LogP contribution in [0.1, 0.15) is 22.8 Å². The Hall–Kier alpha value is -0.660. The van der Waals surface area contributed by atoms with Crippen molar-refractivity contribution in [3.63, 3.8) is 0 Å². The van der Waals surface area contributed by atoms with Crippen molar-refractivity contribution in [2.75, 3.05) is 13.2 Å². The minimum absolute atomic E-state index is 0.288. The number of carbonyl (C=O) groups excluding carboxylic acids is 1.